The van der Waals surface area contributed by atoms with Crippen LogP contribution in [0.15, 0.2) is 30.3 Å². The highest BCUT2D eigenvalue weighted by Crippen LogP contribution is 2.33. The molecule has 2 saturated heterocycles. The van der Waals surface area contributed by atoms with E-state index in [1.165, 1.54) is 0 Å². The average molecular weight is 282 g/mol. The molecule has 2 aliphatic heterocycles. The minimum absolute atomic E-state index is 0.405. The number of amides is 1. The number of primary amides is 1. The van der Waals surface area contributed by atoms with Crippen LogP contribution in [-0.4, -0.2) is 36.6 Å². The van der Waals surface area contributed by atoms with Crippen LogP contribution in [-0.2, 0) is 0 Å². The number of nitrogens with one attached hydrogen (secondary N) is 1. The summed E-state index contributed by atoms with van der Waals surface area (Å²) in [5, 5.41) is 4.38. The van der Waals surface area contributed by atoms with Crippen molar-refractivity contribution in [2.24, 2.45) is 11.7 Å². The Morgan fingerprint density at radius 1 is 1.33 bits per heavy atom. The Labute approximate surface area is 123 Å². The summed E-state index contributed by atoms with van der Waals surface area (Å²) in [7, 11) is 0. The van der Waals surface area contributed by atoms with Crippen molar-refractivity contribution in [2.45, 2.75) is 12.5 Å². The molecule has 1 aromatic carbocycles. The van der Waals surface area contributed by atoms with Gasteiger partial charge in [-0.05, 0) is 24.5 Å². The van der Waals surface area contributed by atoms with E-state index >= 15 is 0 Å². The lowest BCUT2D eigenvalue weighted by Gasteiger charge is -2.26. The van der Waals surface area contributed by atoms with Crippen LogP contribution >= 0.6 is 0 Å². The first-order valence-corrected chi connectivity index (χ1v) is 7.41. The van der Waals surface area contributed by atoms with Crippen molar-refractivity contribution >= 4 is 22.6 Å². The molecule has 0 unspecified atom stereocenters. The maximum Gasteiger partial charge on any atom is 0.252 e. The number of hydrogen-bond donors (Lipinski definition) is 2. The van der Waals surface area contributed by atoms with E-state index in [4.69, 9.17) is 10.7 Å². The second-order valence-corrected chi connectivity index (χ2v) is 5.88. The number of benzene rings is 1. The largest absolute Gasteiger partial charge is 0.365 e. The summed E-state index contributed by atoms with van der Waals surface area (Å²) in [4.78, 5) is 18.9. The Balaban J connectivity index is 1.86. The van der Waals surface area contributed by atoms with Crippen LogP contribution in [0, 0.1) is 5.92 Å². The molecular weight excluding hydrogens is 264 g/mol. The van der Waals surface area contributed by atoms with Gasteiger partial charge < -0.3 is 16.0 Å². The van der Waals surface area contributed by atoms with Gasteiger partial charge in [-0.1, -0.05) is 18.2 Å². The lowest BCUT2D eigenvalue weighted by molar-refractivity contribution is 0.100. The summed E-state index contributed by atoms with van der Waals surface area (Å²) >= 11 is 0. The lowest BCUT2D eigenvalue weighted by Crippen LogP contribution is -2.36. The molecule has 0 spiro atoms. The van der Waals surface area contributed by atoms with Gasteiger partial charge in [0.25, 0.3) is 5.91 Å². The molecule has 2 aromatic rings. The van der Waals surface area contributed by atoms with E-state index in [9.17, 15) is 4.79 Å². The summed E-state index contributed by atoms with van der Waals surface area (Å²) in [5.41, 5.74) is 7.03. The Bertz CT molecular complexity index is 714. The number of rotatable bonds is 2. The highest BCUT2D eigenvalue weighted by molar-refractivity contribution is 6.01. The monoisotopic (exact) mass is 282 g/mol. The minimum Gasteiger partial charge on any atom is -0.365 e. The number of anilines is 1. The van der Waals surface area contributed by atoms with Crippen LogP contribution in [0.4, 0.5) is 5.82 Å². The van der Waals surface area contributed by atoms with Gasteiger partial charge in [-0.2, -0.15) is 0 Å². The van der Waals surface area contributed by atoms with Crippen LogP contribution in [0.2, 0.25) is 0 Å². The van der Waals surface area contributed by atoms with Gasteiger partial charge in [0.15, 0.2) is 0 Å². The van der Waals surface area contributed by atoms with E-state index < -0.39 is 5.91 Å². The van der Waals surface area contributed by atoms with Gasteiger partial charge in [-0.15, -0.1) is 0 Å². The van der Waals surface area contributed by atoms with Gasteiger partial charge in [0.2, 0.25) is 0 Å². The summed E-state index contributed by atoms with van der Waals surface area (Å²) in [5.74, 6) is 0.994. The van der Waals surface area contributed by atoms with Gasteiger partial charge in [-0.25, -0.2) is 4.98 Å². The highest BCUT2D eigenvalue weighted by Gasteiger charge is 2.39. The Hall–Kier alpha value is -2.14. The molecule has 21 heavy (non-hydrogen) atoms. The molecule has 3 N–H and O–H groups in total. The number of nitrogens with two attached hydrogens (primary N) is 1. The number of carbonyl (C=O) groups excluding carboxylic acids is 1. The normalized spacial score (nSPS) is 24.5. The first-order chi connectivity index (χ1) is 10.2. The zero-order chi connectivity index (χ0) is 14.4. The SMILES string of the molecule is NC(=O)c1cc2ccccc2nc1N1CC[C@H]2CNC[C@H]21. The molecule has 0 saturated carbocycles. The second-order valence-electron chi connectivity index (χ2n) is 5.88. The molecule has 1 aromatic heterocycles. The molecule has 5 nitrogen and oxygen atoms in total. The van der Waals surface area contributed by atoms with E-state index in [0.717, 1.165) is 42.8 Å². The van der Waals surface area contributed by atoms with Gasteiger partial charge in [0.1, 0.15) is 5.82 Å². The van der Waals surface area contributed by atoms with Crippen LogP contribution in [0.1, 0.15) is 16.8 Å². The van der Waals surface area contributed by atoms with E-state index in [0.29, 0.717) is 17.5 Å². The number of hydrogen-bond acceptors (Lipinski definition) is 4. The smallest absolute Gasteiger partial charge is 0.252 e. The second kappa shape index (κ2) is 4.70. The molecule has 1 amide bonds. The molecule has 2 atom stereocenters. The van der Waals surface area contributed by atoms with Gasteiger partial charge >= 0.3 is 0 Å². The fourth-order valence-corrected chi connectivity index (χ4v) is 3.62. The molecule has 2 aliphatic rings. The van der Waals surface area contributed by atoms with E-state index in [1.807, 2.05) is 30.3 Å². The molecule has 0 aliphatic carbocycles. The number of aromatic nitrogens is 1. The number of nitrogens with zero attached hydrogens (tertiary/aromatic N) is 2. The van der Waals surface area contributed by atoms with Gasteiger partial charge in [0, 0.05) is 31.1 Å². The number of carbonyl (C=O) groups is 1. The minimum atomic E-state index is -0.405. The molecule has 0 bridgehead atoms. The molecule has 2 fully saturated rings. The number of para-hydroxylation sites is 1. The Kier molecular flexibility index (Phi) is 2.82. The van der Waals surface area contributed by atoms with Crippen LogP contribution in [0.25, 0.3) is 10.9 Å². The topological polar surface area (TPSA) is 71.2 Å². The van der Waals surface area contributed by atoms with E-state index in [-0.39, 0.29) is 0 Å². The third-order valence-corrected chi connectivity index (χ3v) is 4.69. The van der Waals surface area contributed by atoms with Crippen LogP contribution in [0.5, 0.6) is 0 Å². The van der Waals surface area contributed by atoms with Crippen molar-refractivity contribution < 1.29 is 4.79 Å². The van der Waals surface area contributed by atoms with Gasteiger partial charge in [0.05, 0.1) is 11.1 Å². The Morgan fingerprint density at radius 2 is 2.19 bits per heavy atom. The maximum atomic E-state index is 11.9. The third-order valence-electron chi connectivity index (χ3n) is 4.69. The van der Waals surface area contributed by atoms with Crippen LogP contribution in [0.3, 0.4) is 0 Å². The zero-order valence-corrected chi connectivity index (χ0v) is 11.7. The highest BCUT2D eigenvalue weighted by atomic mass is 16.1. The zero-order valence-electron chi connectivity index (χ0n) is 11.7. The van der Waals surface area contributed by atoms with Crippen molar-refractivity contribution in [3.8, 4) is 0 Å². The summed E-state index contributed by atoms with van der Waals surface area (Å²) in [6.07, 6.45) is 1.14. The van der Waals surface area contributed by atoms with E-state index in [2.05, 4.69) is 10.2 Å². The first kappa shape index (κ1) is 12.6. The summed E-state index contributed by atoms with van der Waals surface area (Å²) in [6.45, 7) is 2.96. The van der Waals surface area contributed by atoms with Crippen molar-refractivity contribution in [3.63, 3.8) is 0 Å². The molecular formula is C16H18N4O. The standard InChI is InChI=1S/C16H18N4O/c17-15(21)12-7-10-3-1-2-4-13(10)19-16(12)20-6-5-11-8-18-9-14(11)20/h1-4,7,11,14,18H,5-6,8-9H2,(H2,17,21)/t11-,14+/m0/s1. The molecule has 0 radical (unpaired) electrons. The fourth-order valence-electron chi connectivity index (χ4n) is 3.62. The maximum absolute atomic E-state index is 11.9. The van der Waals surface area contributed by atoms with Crippen molar-refractivity contribution in [3.05, 3.63) is 35.9 Å². The Morgan fingerprint density at radius 3 is 3.05 bits per heavy atom. The predicted molar refractivity (Wildman–Crippen MR) is 82.4 cm³/mol. The lowest BCUT2D eigenvalue weighted by atomic mass is 10.0. The average Bonchev–Trinajstić information content (AvgIpc) is 3.08. The van der Waals surface area contributed by atoms with Crippen molar-refractivity contribution in [1.82, 2.24) is 10.3 Å². The predicted octanol–water partition coefficient (Wildman–Crippen LogP) is 1.13. The summed E-state index contributed by atoms with van der Waals surface area (Å²) < 4.78 is 0. The number of pyridine rings is 1. The first-order valence-electron chi connectivity index (χ1n) is 7.41. The van der Waals surface area contributed by atoms with Gasteiger partial charge in [-0.3, -0.25) is 4.79 Å². The molecule has 3 heterocycles. The molecule has 5 heteroatoms. The number of fused-ring (bicyclic) bond motifs is 2. The fraction of sp³-hybridized carbons (Fsp3) is 0.375. The van der Waals surface area contributed by atoms with Crippen molar-refractivity contribution in [2.75, 3.05) is 24.5 Å². The molecule has 108 valence electrons. The van der Waals surface area contributed by atoms with E-state index in [1.54, 1.807) is 0 Å². The summed E-state index contributed by atoms with van der Waals surface area (Å²) in [6, 6.07) is 10.1. The quantitative estimate of drug-likeness (QED) is 0.866. The van der Waals surface area contributed by atoms with Crippen molar-refractivity contribution in [1.29, 1.82) is 0 Å². The molecule has 4 rings (SSSR count). The third kappa shape index (κ3) is 1.96. The van der Waals surface area contributed by atoms with Crippen LogP contribution < -0.4 is 16.0 Å².